The summed E-state index contributed by atoms with van der Waals surface area (Å²) in [5.74, 6) is 24.8. The number of aromatic nitrogens is 1. The number of carbonyl (C=O) groups excluding carboxylic acids is 1. The molecule has 0 saturated heterocycles. The third kappa shape index (κ3) is 4.42. The summed E-state index contributed by atoms with van der Waals surface area (Å²) in [6.07, 6.45) is 8.40. The molecule has 7 rings (SSSR count). The van der Waals surface area contributed by atoms with Gasteiger partial charge in [-0.1, -0.05) is 60.4 Å². The van der Waals surface area contributed by atoms with Crippen LogP contribution in [0.3, 0.4) is 0 Å². The summed E-state index contributed by atoms with van der Waals surface area (Å²) in [5.41, 5.74) is 4.00. The zero-order chi connectivity index (χ0) is 30.9. The largest absolute Gasteiger partial charge is 0.871 e. The molecule has 5 aromatic rings. The number of Topliss-reactive ketones (excluding diaryl/α,β-unsaturated/α-hetero) is 1. The van der Waals surface area contributed by atoms with E-state index in [1.807, 2.05) is 72.3 Å². The number of allylic oxidation sites excluding steroid dienone is 3. The third-order valence-corrected chi connectivity index (χ3v) is 7.80. The fraction of sp³-hybridized carbons (Fsp3) is 0.0244. The first kappa shape index (κ1) is 26.8. The van der Waals surface area contributed by atoms with Crippen molar-refractivity contribution in [1.29, 1.82) is 0 Å². The Bertz CT molecular complexity index is 2710. The van der Waals surface area contributed by atoms with Gasteiger partial charge in [0.05, 0.1) is 21.8 Å². The topological polar surface area (TPSA) is 48.1 Å². The van der Waals surface area contributed by atoms with E-state index in [9.17, 15) is 9.90 Å². The van der Waals surface area contributed by atoms with Gasteiger partial charge in [-0.15, -0.1) is 6.42 Å². The molecule has 0 saturated carbocycles. The Hall–Kier alpha value is -7.08. The summed E-state index contributed by atoms with van der Waals surface area (Å²) >= 11 is 0. The number of hydrogen-bond donors (Lipinski definition) is 0. The molecule has 204 valence electrons. The molecule has 45 heavy (non-hydrogen) atoms. The van der Waals surface area contributed by atoms with E-state index < -0.39 is 0 Å². The fourth-order valence-electron chi connectivity index (χ4n) is 5.84. The normalized spacial score (nSPS) is 14.0. The molecule has 4 aromatic carbocycles. The summed E-state index contributed by atoms with van der Waals surface area (Å²) in [7, 11) is 1.95. The van der Waals surface area contributed by atoms with E-state index in [1.54, 1.807) is 16.7 Å². The van der Waals surface area contributed by atoms with Crippen molar-refractivity contribution in [3.05, 3.63) is 107 Å². The van der Waals surface area contributed by atoms with Gasteiger partial charge in [-0.25, -0.2) is 0 Å². The number of benzene rings is 4. The van der Waals surface area contributed by atoms with Crippen LogP contribution in [0.1, 0.15) is 5.56 Å². The average molecular weight is 571 g/mol. The monoisotopic (exact) mass is 570 g/mol. The van der Waals surface area contributed by atoms with Gasteiger partial charge < -0.3 is 5.11 Å². The standard InChI is InChI=1S/C41H18N2O2/c1-3-4-5-6-7-8-9-10-11-12-25-43-35-24-16-20-29-18-14-22-31(39(29)35)37(43)27-33-40(44)32(41(33)45)26-36-30-21-13-17-28-19-15-23-34(38(28)30)42(36)2/h1,13-24,26-27H,2H3. The minimum absolute atomic E-state index is 0.119. The zero-order valence-electron chi connectivity index (χ0n) is 23.9. The van der Waals surface area contributed by atoms with Gasteiger partial charge in [0.1, 0.15) is 7.05 Å². The molecule has 0 fully saturated rings. The summed E-state index contributed by atoms with van der Waals surface area (Å²) in [5, 5.41) is 19.3. The number of carbonyl (C=O) groups is 1. The average Bonchev–Trinajstić information content (AvgIpc) is 3.52. The van der Waals surface area contributed by atoms with Gasteiger partial charge in [-0.2, -0.15) is 4.58 Å². The van der Waals surface area contributed by atoms with Gasteiger partial charge in [0.25, 0.3) is 0 Å². The van der Waals surface area contributed by atoms with Gasteiger partial charge in [-0.05, 0) is 58.6 Å². The zero-order valence-corrected chi connectivity index (χ0v) is 23.9. The Morgan fingerprint density at radius 1 is 0.756 bits per heavy atom. The van der Waals surface area contributed by atoms with Crippen LogP contribution in [-0.4, -0.2) is 27.7 Å². The second-order valence-corrected chi connectivity index (χ2v) is 10.2. The van der Waals surface area contributed by atoms with E-state index in [0.29, 0.717) is 5.35 Å². The maximum atomic E-state index is 13.5. The number of terminal acetylenes is 1. The number of ketones is 1. The van der Waals surface area contributed by atoms with Crippen molar-refractivity contribution in [2.75, 3.05) is 7.05 Å². The first-order valence-corrected chi connectivity index (χ1v) is 13.9. The first-order chi connectivity index (χ1) is 22.1. The molecule has 4 nitrogen and oxygen atoms in total. The second kappa shape index (κ2) is 11.0. The highest BCUT2D eigenvalue weighted by Gasteiger charge is 2.32. The van der Waals surface area contributed by atoms with E-state index >= 15 is 0 Å². The van der Waals surface area contributed by atoms with Crippen LogP contribution < -0.4 is 10.5 Å². The summed E-state index contributed by atoms with van der Waals surface area (Å²) in [6.45, 7) is 0. The smallest absolute Gasteiger partial charge is 0.214 e. The van der Waals surface area contributed by atoms with Crippen LogP contribution in [0.4, 0.5) is 5.69 Å². The van der Waals surface area contributed by atoms with Gasteiger partial charge in [0, 0.05) is 69.7 Å². The van der Waals surface area contributed by atoms with Crippen molar-refractivity contribution in [3.63, 3.8) is 0 Å². The van der Waals surface area contributed by atoms with Crippen molar-refractivity contribution < 1.29 is 14.5 Å². The van der Waals surface area contributed by atoms with Crippen molar-refractivity contribution in [2.24, 2.45) is 0 Å². The quantitative estimate of drug-likeness (QED) is 0.184. The maximum Gasteiger partial charge on any atom is 0.214 e. The van der Waals surface area contributed by atoms with Crippen LogP contribution in [0, 0.1) is 71.7 Å². The van der Waals surface area contributed by atoms with Crippen LogP contribution in [-0.2, 0) is 4.79 Å². The van der Waals surface area contributed by atoms with Crippen LogP contribution in [0.15, 0.2) is 95.8 Å². The first-order valence-electron chi connectivity index (χ1n) is 13.9. The van der Waals surface area contributed by atoms with Crippen LogP contribution in [0.25, 0.3) is 38.5 Å². The molecule has 2 aliphatic rings. The summed E-state index contributed by atoms with van der Waals surface area (Å²) in [6, 6.07) is 27.1. The SMILES string of the molecule is C#CC#CC#CC#CC#CC#Cn1/c(=C/C2=C([O-])C(=C\C3=[N+](C)c4cccc5cccc3c45)/C2=O)c2cccc3cccc1c32. The molecule has 2 heterocycles. The number of nitrogens with zero attached hydrogens (tertiary/aromatic N) is 2. The van der Waals surface area contributed by atoms with Crippen LogP contribution >= 0.6 is 0 Å². The third-order valence-electron chi connectivity index (χ3n) is 7.80. The summed E-state index contributed by atoms with van der Waals surface area (Å²) < 4.78 is 3.79. The van der Waals surface area contributed by atoms with Crippen molar-refractivity contribution in [2.45, 2.75) is 0 Å². The van der Waals surface area contributed by atoms with Crippen molar-refractivity contribution in [3.8, 4) is 71.7 Å². The molecule has 0 bridgehead atoms. The Morgan fingerprint density at radius 3 is 2.09 bits per heavy atom. The van der Waals surface area contributed by atoms with Crippen molar-refractivity contribution in [1.82, 2.24) is 4.57 Å². The highest BCUT2D eigenvalue weighted by molar-refractivity contribution is 6.29. The van der Waals surface area contributed by atoms with Gasteiger partial charge in [-0.3, -0.25) is 9.36 Å². The van der Waals surface area contributed by atoms with Crippen LogP contribution in [0.2, 0.25) is 0 Å². The Kier molecular flexibility index (Phi) is 6.53. The molecule has 0 N–H and O–H groups in total. The predicted octanol–water partition coefficient (Wildman–Crippen LogP) is 3.80. The van der Waals surface area contributed by atoms with Gasteiger partial charge >= 0.3 is 0 Å². The van der Waals surface area contributed by atoms with E-state index in [4.69, 9.17) is 6.42 Å². The molecule has 1 aromatic heterocycles. The number of hydrogen-bond acceptors (Lipinski definition) is 2. The Morgan fingerprint density at radius 2 is 1.38 bits per heavy atom. The van der Waals surface area contributed by atoms with E-state index in [1.165, 1.54) is 0 Å². The molecule has 1 aliphatic heterocycles. The van der Waals surface area contributed by atoms with Crippen molar-refractivity contribution >= 4 is 55.7 Å². The lowest BCUT2D eigenvalue weighted by molar-refractivity contribution is -0.399. The summed E-state index contributed by atoms with van der Waals surface area (Å²) in [4.78, 5) is 13.5. The minimum atomic E-state index is -0.296. The maximum absolute atomic E-state index is 13.5. The Balaban J connectivity index is 1.32. The molecule has 0 radical (unpaired) electrons. The molecule has 0 amide bonds. The molecular weight excluding hydrogens is 552 g/mol. The predicted molar refractivity (Wildman–Crippen MR) is 176 cm³/mol. The highest BCUT2D eigenvalue weighted by atomic mass is 16.3. The van der Waals surface area contributed by atoms with Crippen LogP contribution in [0.5, 0.6) is 0 Å². The van der Waals surface area contributed by atoms with Gasteiger partial charge in [0.2, 0.25) is 11.4 Å². The van der Waals surface area contributed by atoms with Gasteiger partial charge in [0.15, 0.2) is 5.78 Å². The fourth-order valence-corrected chi connectivity index (χ4v) is 5.84. The molecule has 0 atom stereocenters. The molecule has 1 aliphatic carbocycles. The molecule has 0 spiro atoms. The van der Waals surface area contributed by atoms with E-state index in [0.717, 1.165) is 49.4 Å². The lowest BCUT2D eigenvalue weighted by Gasteiger charge is -2.28. The minimum Gasteiger partial charge on any atom is -0.871 e. The Labute approximate surface area is 259 Å². The number of rotatable bonds is 2. The lowest BCUT2D eigenvalue weighted by Crippen LogP contribution is -2.31. The second-order valence-electron chi connectivity index (χ2n) is 10.2. The van der Waals surface area contributed by atoms with E-state index in [2.05, 4.69) is 77.4 Å². The molecule has 4 heteroatoms. The highest BCUT2D eigenvalue weighted by Crippen LogP contribution is 2.36. The lowest BCUT2D eigenvalue weighted by atomic mass is 9.86. The molecular formula is C41H18N2O2. The molecule has 0 unspecified atom stereocenters. The van der Waals surface area contributed by atoms with E-state index in [-0.39, 0.29) is 22.7 Å².